The average molecular weight is 350 g/mol. The van der Waals surface area contributed by atoms with E-state index in [0.29, 0.717) is 21.6 Å². The number of amides is 1. The third-order valence-electron chi connectivity index (χ3n) is 3.30. The topological polar surface area (TPSA) is 70.1 Å². The summed E-state index contributed by atoms with van der Waals surface area (Å²) < 4.78 is 7.44. The molecule has 0 radical (unpaired) electrons. The monoisotopic (exact) mass is 349 g/mol. The Morgan fingerprint density at radius 1 is 1.22 bits per heavy atom. The highest BCUT2D eigenvalue weighted by Gasteiger charge is 2.13. The first-order valence-corrected chi connectivity index (χ1v) is 7.60. The molecular weight excluding hydrogens is 337 g/mol. The van der Waals surface area contributed by atoms with Crippen LogP contribution < -0.4 is 10.5 Å². The van der Waals surface area contributed by atoms with Crippen LogP contribution in [0, 0.1) is 0 Å². The van der Waals surface area contributed by atoms with Crippen molar-refractivity contribution in [2.75, 3.05) is 0 Å². The summed E-state index contributed by atoms with van der Waals surface area (Å²) in [5, 5.41) is 0.943. The van der Waals surface area contributed by atoms with Crippen molar-refractivity contribution in [1.29, 1.82) is 0 Å². The molecule has 2 aromatic carbocycles. The molecule has 23 heavy (non-hydrogen) atoms. The summed E-state index contributed by atoms with van der Waals surface area (Å²) >= 11 is 12.0. The van der Waals surface area contributed by atoms with Crippen LogP contribution in [0.1, 0.15) is 5.82 Å². The van der Waals surface area contributed by atoms with E-state index in [0.717, 1.165) is 11.0 Å². The van der Waals surface area contributed by atoms with Gasteiger partial charge in [0.15, 0.2) is 0 Å². The molecule has 0 atom stereocenters. The summed E-state index contributed by atoms with van der Waals surface area (Å²) in [6, 6.07) is 12.5. The second-order valence-electron chi connectivity index (χ2n) is 4.93. The zero-order chi connectivity index (χ0) is 16.4. The number of benzene rings is 2. The predicted molar refractivity (Wildman–Crippen MR) is 89.7 cm³/mol. The van der Waals surface area contributed by atoms with E-state index >= 15 is 0 Å². The molecule has 0 saturated heterocycles. The Morgan fingerprint density at radius 3 is 2.74 bits per heavy atom. The molecule has 0 saturated carbocycles. The van der Waals surface area contributed by atoms with Gasteiger partial charge < -0.3 is 15.0 Å². The number of carbonyl (C=O) groups is 1. The van der Waals surface area contributed by atoms with E-state index in [2.05, 4.69) is 4.98 Å². The zero-order valence-corrected chi connectivity index (χ0v) is 13.5. The lowest BCUT2D eigenvalue weighted by Crippen LogP contribution is -2.20. The van der Waals surface area contributed by atoms with Gasteiger partial charge >= 0.3 is 0 Å². The van der Waals surface area contributed by atoms with Crippen LogP contribution in [0.25, 0.3) is 11.0 Å². The van der Waals surface area contributed by atoms with Crippen molar-refractivity contribution in [3.63, 3.8) is 0 Å². The highest BCUT2D eigenvalue weighted by molar-refractivity contribution is 6.35. The molecule has 0 fully saturated rings. The molecule has 1 amide bonds. The SMILES string of the molecule is NC(=O)Cn1c(COc2ccc(Cl)cc2Cl)nc2ccccc21. The number of halogens is 2. The van der Waals surface area contributed by atoms with Crippen LogP contribution in [0.3, 0.4) is 0 Å². The predicted octanol–water partition coefficient (Wildman–Crippen LogP) is 3.41. The molecule has 3 aromatic rings. The lowest BCUT2D eigenvalue weighted by Gasteiger charge is -2.10. The molecule has 2 N–H and O–H groups in total. The van der Waals surface area contributed by atoms with Crippen LogP contribution in [0.2, 0.25) is 10.0 Å². The fraction of sp³-hybridized carbons (Fsp3) is 0.125. The first kappa shape index (κ1) is 15.6. The van der Waals surface area contributed by atoms with Crippen LogP contribution in [0.15, 0.2) is 42.5 Å². The molecule has 1 aromatic heterocycles. The van der Waals surface area contributed by atoms with Crippen molar-refractivity contribution in [2.45, 2.75) is 13.2 Å². The molecule has 0 aliphatic heterocycles. The number of hydrogen-bond donors (Lipinski definition) is 1. The second kappa shape index (κ2) is 6.48. The van der Waals surface area contributed by atoms with Crippen molar-refractivity contribution >= 4 is 40.1 Å². The first-order chi connectivity index (χ1) is 11.0. The maximum absolute atomic E-state index is 11.3. The molecule has 118 valence electrons. The van der Waals surface area contributed by atoms with Crippen molar-refractivity contribution in [1.82, 2.24) is 9.55 Å². The number of primary amides is 1. The summed E-state index contributed by atoms with van der Waals surface area (Å²) in [5.74, 6) is 0.642. The van der Waals surface area contributed by atoms with E-state index < -0.39 is 5.91 Å². The van der Waals surface area contributed by atoms with Gasteiger partial charge in [-0.2, -0.15) is 0 Å². The smallest absolute Gasteiger partial charge is 0.237 e. The van der Waals surface area contributed by atoms with Crippen molar-refractivity contribution < 1.29 is 9.53 Å². The molecule has 0 bridgehead atoms. The van der Waals surface area contributed by atoms with Crippen LogP contribution >= 0.6 is 23.2 Å². The number of nitrogens with two attached hydrogens (primary N) is 1. The van der Waals surface area contributed by atoms with E-state index in [4.69, 9.17) is 33.7 Å². The van der Waals surface area contributed by atoms with Crippen LogP contribution in [0.5, 0.6) is 5.75 Å². The Labute approximate surface area is 142 Å². The maximum atomic E-state index is 11.3. The van der Waals surface area contributed by atoms with Gasteiger partial charge in [0.25, 0.3) is 0 Å². The minimum Gasteiger partial charge on any atom is -0.484 e. The molecule has 0 aliphatic rings. The molecule has 3 rings (SSSR count). The van der Waals surface area contributed by atoms with E-state index in [1.54, 1.807) is 22.8 Å². The number of nitrogens with zero attached hydrogens (tertiary/aromatic N) is 2. The number of rotatable bonds is 5. The van der Waals surface area contributed by atoms with Crippen molar-refractivity contribution in [3.05, 3.63) is 58.3 Å². The minimum absolute atomic E-state index is 0.0353. The van der Waals surface area contributed by atoms with Gasteiger partial charge in [-0.25, -0.2) is 4.98 Å². The maximum Gasteiger partial charge on any atom is 0.237 e. The molecule has 5 nitrogen and oxygen atoms in total. The number of carbonyl (C=O) groups excluding carboxylic acids is 1. The van der Waals surface area contributed by atoms with Gasteiger partial charge in [0.05, 0.1) is 16.1 Å². The first-order valence-electron chi connectivity index (χ1n) is 6.85. The number of aromatic nitrogens is 2. The Morgan fingerprint density at radius 2 is 2.00 bits per heavy atom. The fourth-order valence-electron chi connectivity index (χ4n) is 2.30. The van der Waals surface area contributed by atoms with Crippen LogP contribution in [0.4, 0.5) is 0 Å². The van der Waals surface area contributed by atoms with E-state index in [9.17, 15) is 4.79 Å². The van der Waals surface area contributed by atoms with Crippen molar-refractivity contribution in [3.8, 4) is 5.75 Å². The van der Waals surface area contributed by atoms with Gasteiger partial charge in [0.1, 0.15) is 24.7 Å². The summed E-state index contributed by atoms with van der Waals surface area (Å²) in [6.45, 7) is 0.191. The minimum atomic E-state index is -0.445. The molecule has 0 unspecified atom stereocenters. The van der Waals surface area contributed by atoms with Gasteiger partial charge in [-0.05, 0) is 30.3 Å². The summed E-state index contributed by atoms with van der Waals surface area (Å²) in [7, 11) is 0. The average Bonchev–Trinajstić information content (AvgIpc) is 2.84. The van der Waals surface area contributed by atoms with E-state index in [-0.39, 0.29) is 13.2 Å². The Hall–Kier alpha value is -2.24. The highest BCUT2D eigenvalue weighted by atomic mass is 35.5. The van der Waals surface area contributed by atoms with Gasteiger partial charge in [0, 0.05) is 5.02 Å². The van der Waals surface area contributed by atoms with Crippen molar-refractivity contribution in [2.24, 2.45) is 5.73 Å². The number of para-hydroxylation sites is 2. The zero-order valence-electron chi connectivity index (χ0n) is 12.0. The van der Waals surface area contributed by atoms with E-state index in [1.165, 1.54) is 0 Å². The van der Waals surface area contributed by atoms with Gasteiger partial charge in [-0.1, -0.05) is 35.3 Å². The Bertz CT molecular complexity index is 877. The van der Waals surface area contributed by atoms with Gasteiger partial charge in [-0.15, -0.1) is 0 Å². The third kappa shape index (κ3) is 3.41. The number of fused-ring (bicyclic) bond motifs is 1. The van der Waals surface area contributed by atoms with Crippen LogP contribution in [-0.4, -0.2) is 15.5 Å². The number of hydrogen-bond acceptors (Lipinski definition) is 3. The molecule has 0 spiro atoms. The molecule has 0 aliphatic carbocycles. The lowest BCUT2D eigenvalue weighted by molar-refractivity contribution is -0.118. The Kier molecular flexibility index (Phi) is 4.41. The van der Waals surface area contributed by atoms with Gasteiger partial charge in [0.2, 0.25) is 5.91 Å². The fourth-order valence-corrected chi connectivity index (χ4v) is 2.77. The summed E-state index contributed by atoms with van der Waals surface area (Å²) in [4.78, 5) is 15.8. The molecular formula is C16H13Cl2N3O2. The normalized spacial score (nSPS) is 10.9. The highest BCUT2D eigenvalue weighted by Crippen LogP contribution is 2.28. The van der Waals surface area contributed by atoms with E-state index in [1.807, 2.05) is 24.3 Å². The summed E-state index contributed by atoms with van der Waals surface area (Å²) in [6.07, 6.45) is 0. The molecule has 1 heterocycles. The standard InChI is InChI=1S/C16H13Cl2N3O2/c17-10-5-6-14(11(18)7-10)23-9-16-20-12-3-1-2-4-13(12)21(16)8-15(19)22/h1-7H,8-9H2,(H2,19,22). The second-order valence-corrected chi connectivity index (χ2v) is 5.78. The Balaban J connectivity index is 1.91. The number of imidazole rings is 1. The quantitative estimate of drug-likeness (QED) is 0.767. The molecule has 7 heteroatoms. The largest absolute Gasteiger partial charge is 0.484 e. The number of ether oxygens (including phenoxy) is 1. The summed E-state index contributed by atoms with van der Waals surface area (Å²) in [5.41, 5.74) is 6.93. The van der Waals surface area contributed by atoms with Gasteiger partial charge in [-0.3, -0.25) is 4.79 Å². The lowest BCUT2D eigenvalue weighted by atomic mass is 10.3. The van der Waals surface area contributed by atoms with Crippen LogP contribution in [-0.2, 0) is 17.9 Å². The third-order valence-corrected chi connectivity index (χ3v) is 3.83.